The molecule has 1 aliphatic rings. The third kappa shape index (κ3) is 3.31. The van der Waals surface area contributed by atoms with Crippen LogP contribution in [-0.4, -0.2) is 42.5 Å². The molecule has 0 aromatic heterocycles. The summed E-state index contributed by atoms with van der Waals surface area (Å²) in [6.45, 7) is 2.49. The van der Waals surface area contributed by atoms with Gasteiger partial charge >= 0.3 is 0 Å². The lowest BCUT2D eigenvalue weighted by molar-refractivity contribution is -0.119. The molecule has 2 aromatic rings. The van der Waals surface area contributed by atoms with E-state index in [2.05, 4.69) is 0 Å². The van der Waals surface area contributed by atoms with E-state index >= 15 is 0 Å². The standard InChI is InChI=1S/C22H18O7/c1-10(23)14(11(2)24)5-12-6-15-19(17(25)7-12)22(27)20-16(21(15)26)8-13(28-3)9-18(20)29-4/h5-9,25H,1-4H3. The Labute approximate surface area is 166 Å². The van der Waals surface area contributed by atoms with Crippen molar-refractivity contribution in [2.75, 3.05) is 14.2 Å². The Morgan fingerprint density at radius 3 is 2.03 bits per heavy atom. The van der Waals surface area contributed by atoms with E-state index in [0.717, 1.165) is 0 Å². The third-order valence-corrected chi connectivity index (χ3v) is 4.68. The van der Waals surface area contributed by atoms with Crippen molar-refractivity contribution in [3.05, 3.63) is 57.7 Å². The van der Waals surface area contributed by atoms with Crippen molar-refractivity contribution in [1.29, 1.82) is 0 Å². The molecular weight excluding hydrogens is 376 g/mol. The minimum Gasteiger partial charge on any atom is -0.507 e. The van der Waals surface area contributed by atoms with E-state index in [1.54, 1.807) is 0 Å². The van der Waals surface area contributed by atoms with E-state index in [1.165, 1.54) is 58.4 Å². The molecule has 0 unspecified atom stereocenters. The van der Waals surface area contributed by atoms with E-state index in [-0.39, 0.29) is 39.1 Å². The fraction of sp³-hybridized carbons (Fsp3) is 0.182. The summed E-state index contributed by atoms with van der Waals surface area (Å²) in [4.78, 5) is 49.5. The van der Waals surface area contributed by atoms with Crippen molar-refractivity contribution >= 4 is 29.2 Å². The Morgan fingerprint density at radius 1 is 0.862 bits per heavy atom. The number of aromatic hydroxyl groups is 1. The van der Waals surface area contributed by atoms with Gasteiger partial charge in [0, 0.05) is 17.2 Å². The Morgan fingerprint density at radius 2 is 1.48 bits per heavy atom. The van der Waals surface area contributed by atoms with E-state index in [4.69, 9.17) is 9.47 Å². The highest BCUT2D eigenvalue weighted by atomic mass is 16.5. The number of rotatable bonds is 5. The van der Waals surface area contributed by atoms with Crippen LogP contribution < -0.4 is 9.47 Å². The Bertz CT molecular complexity index is 1110. The predicted octanol–water partition coefficient (Wildman–Crippen LogP) is 2.75. The number of ketones is 4. The quantitative estimate of drug-likeness (QED) is 0.403. The maximum atomic E-state index is 13.1. The predicted molar refractivity (Wildman–Crippen MR) is 104 cm³/mol. The molecule has 0 saturated heterocycles. The molecule has 1 N–H and O–H groups in total. The van der Waals surface area contributed by atoms with Crippen LogP contribution in [-0.2, 0) is 9.59 Å². The van der Waals surface area contributed by atoms with Crippen LogP contribution in [0.5, 0.6) is 17.2 Å². The topological polar surface area (TPSA) is 107 Å². The van der Waals surface area contributed by atoms with Crippen molar-refractivity contribution < 1.29 is 33.8 Å². The summed E-state index contributed by atoms with van der Waals surface area (Å²) in [5.41, 5.74) is 0.102. The lowest BCUT2D eigenvalue weighted by atomic mass is 9.82. The van der Waals surface area contributed by atoms with Gasteiger partial charge in [-0.05, 0) is 43.7 Å². The van der Waals surface area contributed by atoms with Crippen LogP contribution in [0.3, 0.4) is 0 Å². The average molecular weight is 394 g/mol. The number of hydrogen-bond donors (Lipinski definition) is 1. The fourth-order valence-corrected chi connectivity index (χ4v) is 3.32. The lowest BCUT2D eigenvalue weighted by Gasteiger charge is -2.21. The molecular formula is C22H18O7. The first-order valence-electron chi connectivity index (χ1n) is 8.65. The summed E-state index contributed by atoms with van der Waals surface area (Å²) in [5, 5.41) is 10.5. The van der Waals surface area contributed by atoms with Crippen molar-refractivity contribution in [1.82, 2.24) is 0 Å². The van der Waals surface area contributed by atoms with E-state index in [9.17, 15) is 24.3 Å². The van der Waals surface area contributed by atoms with Crippen LogP contribution in [0.1, 0.15) is 51.3 Å². The number of carbonyl (C=O) groups excluding carboxylic acids is 4. The maximum Gasteiger partial charge on any atom is 0.201 e. The zero-order valence-electron chi connectivity index (χ0n) is 16.3. The molecule has 0 aliphatic heterocycles. The van der Waals surface area contributed by atoms with Crippen LogP contribution in [0.4, 0.5) is 0 Å². The van der Waals surface area contributed by atoms with E-state index < -0.39 is 28.9 Å². The Kier molecular flexibility index (Phi) is 5.07. The lowest BCUT2D eigenvalue weighted by Crippen LogP contribution is -2.22. The molecule has 0 atom stereocenters. The maximum absolute atomic E-state index is 13.1. The number of allylic oxidation sites excluding steroid dienone is 1. The van der Waals surface area contributed by atoms with Gasteiger partial charge in [0.15, 0.2) is 17.3 Å². The molecule has 29 heavy (non-hydrogen) atoms. The molecule has 3 rings (SSSR count). The zero-order chi connectivity index (χ0) is 21.5. The zero-order valence-corrected chi connectivity index (χ0v) is 16.3. The molecule has 1 aliphatic carbocycles. The molecule has 7 heteroatoms. The van der Waals surface area contributed by atoms with Gasteiger partial charge in [-0.2, -0.15) is 0 Å². The number of ether oxygens (including phenoxy) is 2. The second-order valence-corrected chi connectivity index (χ2v) is 6.54. The van der Waals surface area contributed by atoms with Crippen LogP contribution in [0.25, 0.3) is 6.08 Å². The molecule has 0 bridgehead atoms. The van der Waals surface area contributed by atoms with Crippen molar-refractivity contribution in [2.45, 2.75) is 13.8 Å². The highest BCUT2D eigenvalue weighted by Gasteiger charge is 2.35. The molecule has 148 valence electrons. The number of benzene rings is 2. The smallest absolute Gasteiger partial charge is 0.201 e. The molecule has 7 nitrogen and oxygen atoms in total. The largest absolute Gasteiger partial charge is 0.507 e. The molecule has 0 heterocycles. The number of phenolic OH excluding ortho intramolecular Hbond substituents is 1. The molecule has 0 saturated carbocycles. The summed E-state index contributed by atoms with van der Waals surface area (Å²) in [6, 6.07) is 5.51. The van der Waals surface area contributed by atoms with E-state index in [1.807, 2.05) is 0 Å². The number of Topliss-reactive ketones (excluding diaryl/α,β-unsaturated/α-hetero) is 2. The highest BCUT2D eigenvalue weighted by molar-refractivity contribution is 6.30. The van der Waals surface area contributed by atoms with Gasteiger partial charge in [-0.3, -0.25) is 19.2 Å². The van der Waals surface area contributed by atoms with Gasteiger partial charge in [-0.15, -0.1) is 0 Å². The number of hydrogen-bond acceptors (Lipinski definition) is 7. The van der Waals surface area contributed by atoms with Gasteiger partial charge in [0.2, 0.25) is 5.78 Å². The minimum absolute atomic E-state index is 0.0319. The SMILES string of the molecule is COc1cc(OC)c2c(c1)C(=O)c1cc(C=C(C(C)=O)C(C)=O)cc(O)c1C2=O. The summed E-state index contributed by atoms with van der Waals surface area (Å²) in [6.07, 6.45) is 1.28. The Balaban J connectivity index is 2.26. The number of carbonyl (C=O) groups is 4. The van der Waals surface area contributed by atoms with Gasteiger partial charge in [0.1, 0.15) is 17.2 Å². The van der Waals surface area contributed by atoms with Crippen LogP contribution in [0.2, 0.25) is 0 Å². The van der Waals surface area contributed by atoms with Crippen molar-refractivity contribution in [3.8, 4) is 17.2 Å². The Hall–Kier alpha value is -3.74. The number of fused-ring (bicyclic) bond motifs is 2. The van der Waals surface area contributed by atoms with Gasteiger partial charge < -0.3 is 14.6 Å². The third-order valence-electron chi connectivity index (χ3n) is 4.68. The summed E-state index contributed by atoms with van der Waals surface area (Å²) < 4.78 is 10.4. The van der Waals surface area contributed by atoms with E-state index in [0.29, 0.717) is 5.75 Å². The molecule has 0 spiro atoms. The first kappa shape index (κ1) is 20.0. The van der Waals surface area contributed by atoms with Gasteiger partial charge in [0.25, 0.3) is 0 Å². The number of phenols is 1. The molecule has 0 amide bonds. The normalized spacial score (nSPS) is 12.0. The van der Waals surface area contributed by atoms with Crippen LogP contribution >= 0.6 is 0 Å². The van der Waals surface area contributed by atoms with Gasteiger partial charge in [0.05, 0.1) is 30.9 Å². The monoisotopic (exact) mass is 394 g/mol. The number of methoxy groups -OCH3 is 2. The minimum atomic E-state index is -0.569. The first-order valence-corrected chi connectivity index (χ1v) is 8.65. The fourth-order valence-electron chi connectivity index (χ4n) is 3.32. The van der Waals surface area contributed by atoms with Crippen molar-refractivity contribution in [2.24, 2.45) is 0 Å². The van der Waals surface area contributed by atoms with Crippen LogP contribution in [0, 0.1) is 0 Å². The first-order chi connectivity index (χ1) is 13.7. The summed E-state index contributed by atoms with van der Waals surface area (Å²) in [5.74, 6) is -1.91. The second-order valence-electron chi connectivity index (χ2n) is 6.54. The average Bonchev–Trinajstić information content (AvgIpc) is 2.68. The summed E-state index contributed by atoms with van der Waals surface area (Å²) in [7, 11) is 2.78. The molecule has 0 fully saturated rings. The van der Waals surface area contributed by atoms with Gasteiger partial charge in [-0.25, -0.2) is 0 Å². The van der Waals surface area contributed by atoms with Gasteiger partial charge in [-0.1, -0.05) is 0 Å². The summed E-state index contributed by atoms with van der Waals surface area (Å²) >= 11 is 0. The second kappa shape index (κ2) is 7.35. The molecule has 2 aromatic carbocycles. The van der Waals surface area contributed by atoms with Crippen molar-refractivity contribution in [3.63, 3.8) is 0 Å². The highest BCUT2D eigenvalue weighted by Crippen LogP contribution is 2.40. The van der Waals surface area contributed by atoms with Crippen LogP contribution in [0.15, 0.2) is 29.8 Å². The molecule has 0 radical (unpaired) electrons.